The largest absolute Gasteiger partial charge is 0.459 e. The number of aliphatic hydroxyl groups is 1. The fraction of sp³-hybridized carbons (Fsp3) is 0.286. The molecule has 2 aromatic carbocycles. The van der Waals surface area contributed by atoms with Crippen LogP contribution < -0.4 is 5.32 Å². The number of carbonyl (C=O) groups is 1. The third kappa shape index (κ3) is 5.51. The normalized spacial score (nSPS) is 19.4. The van der Waals surface area contributed by atoms with Gasteiger partial charge in [0, 0.05) is 17.6 Å². The van der Waals surface area contributed by atoms with Crippen molar-refractivity contribution in [3.05, 3.63) is 95.6 Å². The van der Waals surface area contributed by atoms with Crippen molar-refractivity contribution in [3.63, 3.8) is 0 Å². The molecule has 8 nitrogen and oxygen atoms in total. The van der Waals surface area contributed by atoms with Crippen molar-refractivity contribution >= 4 is 17.6 Å². The Bertz CT molecular complexity index is 1410. The second kappa shape index (κ2) is 10.1. The molecule has 0 unspecified atom stereocenters. The molecule has 0 aliphatic heterocycles. The van der Waals surface area contributed by atoms with E-state index in [0.717, 1.165) is 23.1 Å². The van der Waals surface area contributed by atoms with Gasteiger partial charge in [0.05, 0.1) is 29.5 Å². The maximum Gasteiger partial charge on any atom is 0.338 e. The van der Waals surface area contributed by atoms with E-state index in [1.165, 1.54) is 0 Å². The van der Waals surface area contributed by atoms with Crippen molar-refractivity contribution in [1.82, 2.24) is 19.5 Å². The van der Waals surface area contributed by atoms with E-state index in [-0.39, 0.29) is 17.8 Å². The Morgan fingerprint density at radius 2 is 1.89 bits per heavy atom. The second-order valence-corrected chi connectivity index (χ2v) is 9.48. The molecule has 1 aliphatic rings. The van der Waals surface area contributed by atoms with Gasteiger partial charge in [0.1, 0.15) is 11.7 Å². The molecule has 190 valence electrons. The number of esters is 1. The van der Waals surface area contributed by atoms with E-state index in [4.69, 9.17) is 4.74 Å². The standard InChI is InChI=1S/C28H28FN5O3/c1-18-12-21(33-27-30-15-24(29)19(2)32-27)14-22(13-18)34-16-25(31-17-34)28(36)10-8-23(9-11-28)37-26(35)20-6-4-3-5-7-20/h3-7,12-17,23,36H,8-11H2,1-2H3,(H,30,32,33). The van der Waals surface area contributed by atoms with Gasteiger partial charge in [-0.3, -0.25) is 0 Å². The van der Waals surface area contributed by atoms with E-state index in [1.807, 2.05) is 42.0 Å². The molecule has 0 bridgehead atoms. The van der Waals surface area contributed by atoms with Gasteiger partial charge in [0.25, 0.3) is 0 Å². The zero-order chi connectivity index (χ0) is 26.0. The van der Waals surface area contributed by atoms with Crippen molar-refractivity contribution < 1.29 is 19.0 Å². The lowest BCUT2D eigenvalue weighted by molar-refractivity contribution is -0.0485. The molecular formula is C28H28FN5O3. The van der Waals surface area contributed by atoms with Crippen LogP contribution in [0.1, 0.15) is 53.0 Å². The first-order chi connectivity index (χ1) is 17.8. The van der Waals surface area contributed by atoms with Crippen LogP contribution in [0.4, 0.5) is 16.0 Å². The fourth-order valence-electron chi connectivity index (χ4n) is 4.57. The van der Waals surface area contributed by atoms with E-state index < -0.39 is 11.4 Å². The number of rotatable bonds is 6. The van der Waals surface area contributed by atoms with Crippen LogP contribution in [0.15, 0.2) is 67.3 Å². The Kier molecular flexibility index (Phi) is 6.71. The van der Waals surface area contributed by atoms with Crippen molar-refractivity contribution in [2.45, 2.75) is 51.2 Å². The summed E-state index contributed by atoms with van der Waals surface area (Å²) in [5, 5.41) is 14.5. The fourth-order valence-corrected chi connectivity index (χ4v) is 4.57. The number of nitrogens with one attached hydrogen (secondary N) is 1. The van der Waals surface area contributed by atoms with Gasteiger partial charge in [-0.25, -0.2) is 24.1 Å². The summed E-state index contributed by atoms with van der Waals surface area (Å²) in [7, 11) is 0. The van der Waals surface area contributed by atoms with Gasteiger partial charge in [-0.15, -0.1) is 0 Å². The molecule has 2 N–H and O–H groups in total. The lowest BCUT2D eigenvalue weighted by Gasteiger charge is -2.34. The van der Waals surface area contributed by atoms with Crippen molar-refractivity contribution in [3.8, 4) is 5.69 Å². The Balaban J connectivity index is 1.27. The highest BCUT2D eigenvalue weighted by Crippen LogP contribution is 2.38. The highest BCUT2D eigenvalue weighted by molar-refractivity contribution is 5.89. The average molecular weight is 502 g/mol. The minimum Gasteiger partial charge on any atom is -0.459 e. The van der Waals surface area contributed by atoms with Gasteiger partial charge < -0.3 is 19.7 Å². The molecule has 2 aromatic heterocycles. The van der Waals surface area contributed by atoms with E-state index in [1.54, 1.807) is 37.5 Å². The van der Waals surface area contributed by atoms with Crippen LogP contribution in [0.25, 0.3) is 5.69 Å². The highest BCUT2D eigenvalue weighted by Gasteiger charge is 2.38. The molecule has 9 heteroatoms. The summed E-state index contributed by atoms with van der Waals surface area (Å²) in [6.45, 7) is 3.55. The molecule has 37 heavy (non-hydrogen) atoms. The predicted octanol–water partition coefficient (Wildman–Crippen LogP) is 5.15. The number of nitrogens with zero attached hydrogens (tertiary/aromatic N) is 4. The number of carbonyl (C=O) groups excluding carboxylic acids is 1. The van der Waals surface area contributed by atoms with Crippen LogP contribution in [0.3, 0.4) is 0 Å². The summed E-state index contributed by atoms with van der Waals surface area (Å²) in [5.41, 5.74) is 2.86. The van der Waals surface area contributed by atoms with Crippen molar-refractivity contribution in [1.29, 1.82) is 0 Å². The Morgan fingerprint density at radius 1 is 1.14 bits per heavy atom. The number of hydrogen-bond acceptors (Lipinski definition) is 7. The molecule has 4 aromatic rings. The minimum absolute atomic E-state index is 0.238. The number of ether oxygens (including phenoxy) is 1. The van der Waals surface area contributed by atoms with Crippen LogP contribution in [-0.4, -0.2) is 36.7 Å². The van der Waals surface area contributed by atoms with Crippen LogP contribution in [-0.2, 0) is 10.3 Å². The molecular weight excluding hydrogens is 473 g/mol. The van der Waals surface area contributed by atoms with E-state index in [9.17, 15) is 14.3 Å². The summed E-state index contributed by atoms with van der Waals surface area (Å²) in [6, 6.07) is 14.8. The van der Waals surface area contributed by atoms with Crippen LogP contribution in [0.2, 0.25) is 0 Å². The van der Waals surface area contributed by atoms with Crippen LogP contribution >= 0.6 is 0 Å². The Morgan fingerprint density at radius 3 is 2.62 bits per heavy atom. The quantitative estimate of drug-likeness (QED) is 0.352. The first-order valence-corrected chi connectivity index (χ1v) is 12.2. The average Bonchev–Trinajstić information content (AvgIpc) is 3.40. The number of imidazole rings is 1. The molecule has 5 rings (SSSR count). The summed E-state index contributed by atoms with van der Waals surface area (Å²) in [5.74, 6) is -0.492. The van der Waals surface area contributed by atoms with Gasteiger partial charge in [-0.05, 0) is 75.4 Å². The van der Waals surface area contributed by atoms with Crippen LogP contribution in [0, 0.1) is 19.7 Å². The minimum atomic E-state index is -1.09. The first-order valence-electron chi connectivity index (χ1n) is 12.2. The monoisotopic (exact) mass is 501 g/mol. The number of halogens is 1. The summed E-state index contributed by atoms with van der Waals surface area (Å²) in [6.07, 6.45) is 6.39. The Hall–Kier alpha value is -4.11. The summed E-state index contributed by atoms with van der Waals surface area (Å²) < 4.78 is 21.0. The number of anilines is 2. The maximum absolute atomic E-state index is 13.5. The van der Waals surface area contributed by atoms with Gasteiger partial charge in [-0.2, -0.15) is 0 Å². The lowest BCUT2D eigenvalue weighted by Crippen LogP contribution is -2.35. The molecule has 0 spiro atoms. The molecule has 2 heterocycles. The van der Waals surface area contributed by atoms with Gasteiger partial charge in [0.2, 0.25) is 5.95 Å². The molecule has 1 aliphatic carbocycles. The van der Waals surface area contributed by atoms with E-state index in [0.29, 0.717) is 42.9 Å². The molecule has 1 fully saturated rings. The second-order valence-electron chi connectivity index (χ2n) is 9.48. The summed E-state index contributed by atoms with van der Waals surface area (Å²) >= 11 is 0. The zero-order valence-corrected chi connectivity index (χ0v) is 20.7. The third-order valence-electron chi connectivity index (χ3n) is 6.64. The van der Waals surface area contributed by atoms with Crippen molar-refractivity contribution in [2.24, 2.45) is 0 Å². The smallest absolute Gasteiger partial charge is 0.338 e. The molecule has 1 saturated carbocycles. The lowest BCUT2D eigenvalue weighted by atomic mass is 9.81. The number of hydrogen-bond donors (Lipinski definition) is 2. The molecule has 0 atom stereocenters. The van der Waals surface area contributed by atoms with Crippen LogP contribution in [0.5, 0.6) is 0 Å². The maximum atomic E-state index is 13.5. The van der Waals surface area contributed by atoms with Gasteiger partial charge >= 0.3 is 5.97 Å². The summed E-state index contributed by atoms with van der Waals surface area (Å²) in [4.78, 5) is 25.0. The van der Waals surface area contributed by atoms with Gasteiger partial charge in [0.15, 0.2) is 5.82 Å². The SMILES string of the molecule is Cc1cc(Nc2ncc(F)c(C)n2)cc(-n2cnc(C3(O)CCC(OC(=O)c4ccccc4)CC3)c2)c1. The molecule has 0 amide bonds. The number of aromatic nitrogens is 4. The van der Waals surface area contributed by atoms with E-state index >= 15 is 0 Å². The van der Waals surface area contributed by atoms with Gasteiger partial charge in [-0.1, -0.05) is 18.2 Å². The Labute approximate surface area is 214 Å². The third-order valence-corrected chi connectivity index (χ3v) is 6.64. The topological polar surface area (TPSA) is 102 Å². The first kappa shape index (κ1) is 24.6. The van der Waals surface area contributed by atoms with Crippen molar-refractivity contribution in [2.75, 3.05) is 5.32 Å². The zero-order valence-electron chi connectivity index (χ0n) is 20.7. The molecule has 0 saturated heterocycles. The number of benzene rings is 2. The van der Waals surface area contributed by atoms with E-state index in [2.05, 4.69) is 20.3 Å². The predicted molar refractivity (Wildman–Crippen MR) is 136 cm³/mol. The molecule has 0 radical (unpaired) electrons. The highest BCUT2D eigenvalue weighted by atomic mass is 19.1. The number of aryl methyl sites for hydroxylation is 2.